The molecule has 0 aliphatic heterocycles. The van der Waals surface area contributed by atoms with Crippen LogP contribution in [0.15, 0.2) is 4.52 Å². The van der Waals surface area contributed by atoms with E-state index in [1.54, 1.807) is 7.11 Å². The normalized spacial score (nSPS) is 17.1. The first-order chi connectivity index (χ1) is 7.55. The molecule has 0 bridgehead atoms. The quantitative estimate of drug-likeness (QED) is 0.801. The molecule has 0 aliphatic rings. The SMILES string of the molecule is CCC(O)Cc1nc(C(C)(CC)OC)no1. The van der Waals surface area contributed by atoms with Crippen molar-refractivity contribution in [3.63, 3.8) is 0 Å². The molecule has 5 nitrogen and oxygen atoms in total. The van der Waals surface area contributed by atoms with E-state index in [9.17, 15) is 5.11 Å². The summed E-state index contributed by atoms with van der Waals surface area (Å²) in [6, 6.07) is 0. The lowest BCUT2D eigenvalue weighted by Crippen LogP contribution is -2.25. The summed E-state index contributed by atoms with van der Waals surface area (Å²) in [4.78, 5) is 4.25. The van der Waals surface area contributed by atoms with E-state index in [0.29, 0.717) is 24.6 Å². The van der Waals surface area contributed by atoms with Gasteiger partial charge in [0.05, 0.1) is 12.5 Å². The van der Waals surface area contributed by atoms with Gasteiger partial charge in [-0.3, -0.25) is 0 Å². The van der Waals surface area contributed by atoms with Crippen LogP contribution in [0, 0.1) is 0 Å². The number of hydrogen-bond donors (Lipinski definition) is 1. The van der Waals surface area contributed by atoms with Gasteiger partial charge in [0.15, 0.2) is 0 Å². The largest absolute Gasteiger partial charge is 0.393 e. The Morgan fingerprint density at radius 3 is 2.69 bits per heavy atom. The lowest BCUT2D eigenvalue weighted by Gasteiger charge is -2.21. The van der Waals surface area contributed by atoms with E-state index in [-0.39, 0.29) is 0 Å². The van der Waals surface area contributed by atoms with Gasteiger partial charge in [0.2, 0.25) is 11.7 Å². The summed E-state index contributed by atoms with van der Waals surface area (Å²) in [7, 11) is 1.63. The molecule has 0 aliphatic carbocycles. The first-order valence-corrected chi connectivity index (χ1v) is 5.62. The van der Waals surface area contributed by atoms with Gasteiger partial charge in [-0.1, -0.05) is 19.0 Å². The summed E-state index contributed by atoms with van der Waals surface area (Å²) in [5.41, 5.74) is -0.515. The van der Waals surface area contributed by atoms with E-state index in [2.05, 4.69) is 10.1 Å². The molecule has 5 heteroatoms. The van der Waals surface area contributed by atoms with Crippen LogP contribution in [-0.2, 0) is 16.8 Å². The Balaban J connectivity index is 2.78. The molecule has 1 N–H and O–H groups in total. The average Bonchev–Trinajstić information content (AvgIpc) is 2.76. The highest BCUT2D eigenvalue weighted by Gasteiger charge is 2.30. The van der Waals surface area contributed by atoms with Crippen molar-refractivity contribution in [3.05, 3.63) is 11.7 Å². The van der Waals surface area contributed by atoms with Crippen molar-refractivity contribution in [2.75, 3.05) is 7.11 Å². The summed E-state index contributed by atoms with van der Waals surface area (Å²) in [6.07, 6.45) is 1.41. The van der Waals surface area contributed by atoms with Gasteiger partial charge in [0.25, 0.3) is 0 Å². The molecule has 1 heterocycles. The van der Waals surface area contributed by atoms with Crippen LogP contribution in [0.1, 0.15) is 45.3 Å². The van der Waals surface area contributed by atoms with E-state index < -0.39 is 11.7 Å². The first-order valence-electron chi connectivity index (χ1n) is 5.62. The number of ether oxygens (including phenoxy) is 1. The van der Waals surface area contributed by atoms with Crippen LogP contribution in [0.2, 0.25) is 0 Å². The van der Waals surface area contributed by atoms with Gasteiger partial charge in [-0.05, 0) is 19.8 Å². The third kappa shape index (κ3) is 2.80. The molecule has 2 atom stereocenters. The van der Waals surface area contributed by atoms with E-state index in [1.807, 2.05) is 20.8 Å². The smallest absolute Gasteiger partial charge is 0.229 e. The summed E-state index contributed by atoms with van der Waals surface area (Å²) in [5.74, 6) is 0.997. The standard InChI is InChI=1S/C11H20N2O3/c1-5-8(14)7-9-12-10(13-16-9)11(3,6-2)15-4/h8,14H,5-7H2,1-4H3. The second-order valence-corrected chi connectivity index (χ2v) is 4.07. The van der Waals surface area contributed by atoms with E-state index >= 15 is 0 Å². The molecule has 0 aromatic carbocycles. The Hall–Kier alpha value is -0.940. The van der Waals surface area contributed by atoms with Crippen molar-refractivity contribution in [2.24, 2.45) is 0 Å². The molecule has 0 saturated carbocycles. The van der Waals surface area contributed by atoms with Crippen LogP contribution in [0.25, 0.3) is 0 Å². The molecule has 0 amide bonds. The van der Waals surface area contributed by atoms with Crippen LogP contribution in [0.5, 0.6) is 0 Å². The maximum Gasteiger partial charge on any atom is 0.229 e. The minimum atomic E-state index is -0.515. The summed E-state index contributed by atoms with van der Waals surface area (Å²) < 4.78 is 10.5. The van der Waals surface area contributed by atoms with Gasteiger partial charge in [0, 0.05) is 7.11 Å². The predicted molar refractivity (Wildman–Crippen MR) is 59.0 cm³/mol. The predicted octanol–water partition coefficient (Wildman–Crippen LogP) is 1.65. The van der Waals surface area contributed by atoms with Crippen molar-refractivity contribution in [1.82, 2.24) is 10.1 Å². The van der Waals surface area contributed by atoms with Crippen LogP contribution >= 0.6 is 0 Å². The molecule has 0 fully saturated rings. The average molecular weight is 228 g/mol. The number of methoxy groups -OCH3 is 1. The highest BCUT2D eigenvalue weighted by atomic mass is 16.5. The van der Waals surface area contributed by atoms with Gasteiger partial charge in [-0.25, -0.2) is 0 Å². The van der Waals surface area contributed by atoms with Crippen molar-refractivity contribution in [3.8, 4) is 0 Å². The zero-order chi connectivity index (χ0) is 12.2. The van der Waals surface area contributed by atoms with Crippen molar-refractivity contribution < 1.29 is 14.4 Å². The van der Waals surface area contributed by atoms with Crippen molar-refractivity contribution >= 4 is 0 Å². The van der Waals surface area contributed by atoms with Gasteiger partial charge < -0.3 is 14.4 Å². The summed E-state index contributed by atoms with van der Waals surface area (Å²) >= 11 is 0. The molecule has 0 saturated heterocycles. The van der Waals surface area contributed by atoms with E-state index in [0.717, 1.165) is 6.42 Å². The maximum atomic E-state index is 9.48. The lowest BCUT2D eigenvalue weighted by atomic mass is 10.0. The Kier molecular flexibility index (Phi) is 4.44. The van der Waals surface area contributed by atoms with Gasteiger partial charge in [-0.15, -0.1) is 0 Å². The third-order valence-corrected chi connectivity index (χ3v) is 2.95. The van der Waals surface area contributed by atoms with E-state index in [1.165, 1.54) is 0 Å². The van der Waals surface area contributed by atoms with Crippen LogP contribution < -0.4 is 0 Å². The summed E-state index contributed by atoms with van der Waals surface area (Å²) in [5, 5.41) is 13.4. The highest BCUT2D eigenvalue weighted by Crippen LogP contribution is 2.25. The van der Waals surface area contributed by atoms with Crippen LogP contribution in [0.3, 0.4) is 0 Å². The van der Waals surface area contributed by atoms with Crippen LogP contribution in [0.4, 0.5) is 0 Å². The van der Waals surface area contributed by atoms with Crippen molar-refractivity contribution in [2.45, 2.75) is 51.7 Å². The Morgan fingerprint density at radius 1 is 1.50 bits per heavy atom. The topological polar surface area (TPSA) is 68.4 Å². The van der Waals surface area contributed by atoms with Crippen LogP contribution in [-0.4, -0.2) is 28.5 Å². The van der Waals surface area contributed by atoms with E-state index in [4.69, 9.17) is 9.26 Å². The molecule has 1 aromatic heterocycles. The summed E-state index contributed by atoms with van der Waals surface area (Å²) in [6.45, 7) is 5.82. The second-order valence-electron chi connectivity index (χ2n) is 4.07. The Labute approximate surface area is 95.8 Å². The van der Waals surface area contributed by atoms with Crippen molar-refractivity contribution in [1.29, 1.82) is 0 Å². The fourth-order valence-electron chi connectivity index (χ4n) is 1.29. The Morgan fingerprint density at radius 2 is 2.19 bits per heavy atom. The number of aliphatic hydroxyl groups excluding tert-OH is 1. The van der Waals surface area contributed by atoms with Gasteiger partial charge in [0.1, 0.15) is 5.60 Å². The van der Waals surface area contributed by atoms with Gasteiger partial charge >= 0.3 is 0 Å². The molecule has 1 aromatic rings. The lowest BCUT2D eigenvalue weighted by molar-refractivity contribution is -0.0106. The number of hydrogen-bond acceptors (Lipinski definition) is 5. The maximum absolute atomic E-state index is 9.48. The first kappa shape index (κ1) is 13.1. The molecule has 16 heavy (non-hydrogen) atoms. The number of aromatic nitrogens is 2. The molecular formula is C11H20N2O3. The second kappa shape index (κ2) is 5.41. The number of nitrogens with zero attached hydrogens (tertiary/aromatic N) is 2. The number of aliphatic hydroxyl groups is 1. The molecule has 92 valence electrons. The monoisotopic (exact) mass is 228 g/mol. The molecule has 0 spiro atoms. The molecule has 0 radical (unpaired) electrons. The minimum absolute atomic E-state index is 0.396. The molecule has 1 rings (SSSR count). The number of rotatable bonds is 6. The van der Waals surface area contributed by atoms with Gasteiger partial charge in [-0.2, -0.15) is 4.98 Å². The minimum Gasteiger partial charge on any atom is -0.393 e. The Bertz CT molecular complexity index is 321. The zero-order valence-electron chi connectivity index (χ0n) is 10.4. The fourth-order valence-corrected chi connectivity index (χ4v) is 1.29. The molecular weight excluding hydrogens is 208 g/mol. The zero-order valence-corrected chi connectivity index (χ0v) is 10.4. The third-order valence-electron chi connectivity index (χ3n) is 2.95. The highest BCUT2D eigenvalue weighted by molar-refractivity contribution is 4.99. The molecule has 2 unspecified atom stereocenters. The fraction of sp³-hybridized carbons (Fsp3) is 0.818.